The van der Waals surface area contributed by atoms with E-state index >= 15 is 0 Å². The van der Waals surface area contributed by atoms with Crippen LogP contribution in [0.4, 0.5) is 11.4 Å². The summed E-state index contributed by atoms with van der Waals surface area (Å²) < 4.78 is 0. The Balaban J connectivity index is 1.24. The van der Waals surface area contributed by atoms with Gasteiger partial charge in [-0.25, -0.2) is 0 Å². The Morgan fingerprint density at radius 3 is 2.15 bits per heavy atom. The molecule has 2 aromatic carbocycles. The highest BCUT2D eigenvalue weighted by atomic mass is 35.5. The fourth-order valence-electron chi connectivity index (χ4n) is 8.21. The van der Waals surface area contributed by atoms with Crippen molar-refractivity contribution in [2.45, 2.75) is 82.6 Å². The molecule has 1 aliphatic heterocycles. The fourth-order valence-corrected chi connectivity index (χ4v) is 8.42. The van der Waals surface area contributed by atoms with Crippen LogP contribution in [0.15, 0.2) is 41.4 Å². The molecule has 0 saturated heterocycles. The molecule has 0 spiro atoms. The van der Waals surface area contributed by atoms with Crippen LogP contribution in [0.25, 0.3) is 0 Å². The lowest BCUT2D eigenvalue weighted by Gasteiger charge is -2.57. The van der Waals surface area contributed by atoms with Crippen LogP contribution in [-0.2, 0) is 5.41 Å². The number of benzene rings is 2. The Hall–Kier alpha value is -1.80. The number of anilines is 1. The molecule has 0 radical (unpaired) electrons. The molecule has 2 nitrogen and oxygen atoms in total. The van der Waals surface area contributed by atoms with Crippen LogP contribution < -0.4 is 4.90 Å². The smallest absolute Gasteiger partial charge is 0.0630 e. The van der Waals surface area contributed by atoms with Crippen LogP contribution in [0.2, 0.25) is 5.02 Å². The summed E-state index contributed by atoms with van der Waals surface area (Å²) in [6.07, 6.45) is 11.8. The third-order valence-corrected chi connectivity index (χ3v) is 9.95. The molecular formula is C30H37ClN2. The minimum Gasteiger partial charge on any atom is -0.369 e. The van der Waals surface area contributed by atoms with Crippen molar-refractivity contribution in [1.29, 1.82) is 0 Å². The number of hydrogen-bond donors (Lipinski definition) is 0. The van der Waals surface area contributed by atoms with Crippen LogP contribution >= 0.6 is 11.6 Å². The molecule has 174 valence electrons. The number of nitrogens with zero attached hydrogens (tertiary/aromatic N) is 2. The summed E-state index contributed by atoms with van der Waals surface area (Å²) in [6.45, 7) is 6.94. The van der Waals surface area contributed by atoms with Crippen LogP contribution in [0.1, 0.15) is 88.3 Å². The van der Waals surface area contributed by atoms with Gasteiger partial charge in [0, 0.05) is 30.1 Å². The summed E-state index contributed by atoms with van der Waals surface area (Å²) >= 11 is 6.72. The van der Waals surface area contributed by atoms with Gasteiger partial charge in [-0.2, -0.15) is 0 Å². The van der Waals surface area contributed by atoms with E-state index in [1.165, 1.54) is 49.8 Å². The van der Waals surface area contributed by atoms with Crippen LogP contribution in [-0.4, -0.2) is 18.8 Å². The first kappa shape index (κ1) is 21.7. The van der Waals surface area contributed by atoms with Crippen molar-refractivity contribution in [3.8, 4) is 0 Å². The van der Waals surface area contributed by atoms with E-state index in [2.05, 4.69) is 69.1 Å². The molecule has 0 N–H and O–H groups in total. The minimum atomic E-state index is 0.143. The SMILES string of the molecule is CC1CC(C)(C)N(C)c2cc(Cl)c(C=Nc3ccc(C45CC6CC(CC(C6)C4)C5)cc3)cc21. The summed E-state index contributed by atoms with van der Waals surface area (Å²) in [5.41, 5.74) is 6.81. The monoisotopic (exact) mass is 460 g/mol. The molecule has 0 aromatic heterocycles. The van der Waals surface area contributed by atoms with Crippen molar-refractivity contribution in [1.82, 2.24) is 0 Å². The topological polar surface area (TPSA) is 15.6 Å². The maximum absolute atomic E-state index is 6.72. The molecule has 0 amide bonds. The summed E-state index contributed by atoms with van der Waals surface area (Å²) in [5.74, 6) is 3.45. The van der Waals surface area contributed by atoms with Crippen molar-refractivity contribution in [3.63, 3.8) is 0 Å². The van der Waals surface area contributed by atoms with E-state index in [1.54, 1.807) is 5.56 Å². The van der Waals surface area contributed by atoms with Gasteiger partial charge in [0.05, 0.1) is 10.7 Å². The standard InChI is InChI=1S/C30H37ClN2/c1-19-14-29(2,3)33(4)28-13-27(31)23(12-26(19)28)18-32-25-7-5-24(6-8-25)30-15-20-9-21(16-30)11-22(10-20)17-30/h5-8,12-13,18-22H,9-11,14-17H2,1-4H3. The molecule has 7 rings (SSSR count). The minimum absolute atomic E-state index is 0.143. The van der Waals surface area contributed by atoms with E-state index in [-0.39, 0.29) is 5.54 Å². The van der Waals surface area contributed by atoms with Crippen molar-refractivity contribution >= 4 is 29.2 Å². The molecule has 2 aromatic rings. The van der Waals surface area contributed by atoms with Gasteiger partial charge >= 0.3 is 0 Å². The second-order valence-electron chi connectivity index (χ2n) is 12.4. The predicted octanol–water partition coefficient (Wildman–Crippen LogP) is 8.28. The molecule has 1 unspecified atom stereocenters. The third-order valence-electron chi connectivity index (χ3n) is 9.62. The maximum Gasteiger partial charge on any atom is 0.0630 e. The predicted molar refractivity (Wildman–Crippen MR) is 141 cm³/mol. The molecule has 5 aliphatic rings. The van der Waals surface area contributed by atoms with E-state index in [0.29, 0.717) is 11.3 Å². The van der Waals surface area contributed by atoms with Crippen LogP contribution in [0.3, 0.4) is 0 Å². The van der Waals surface area contributed by atoms with Gasteiger partial charge in [0.1, 0.15) is 0 Å². The summed E-state index contributed by atoms with van der Waals surface area (Å²) in [7, 11) is 2.18. The Kier molecular flexibility index (Phi) is 5.00. The average molecular weight is 461 g/mol. The highest BCUT2D eigenvalue weighted by Gasteiger charge is 2.51. The maximum atomic E-state index is 6.72. The van der Waals surface area contributed by atoms with Gasteiger partial charge in [-0.1, -0.05) is 30.7 Å². The van der Waals surface area contributed by atoms with Crippen molar-refractivity contribution in [2.75, 3.05) is 11.9 Å². The van der Waals surface area contributed by atoms with Crippen molar-refractivity contribution in [2.24, 2.45) is 22.7 Å². The molecule has 1 heterocycles. The number of halogens is 1. The van der Waals surface area contributed by atoms with Gasteiger partial charge in [0.15, 0.2) is 0 Å². The molecule has 4 fully saturated rings. The van der Waals surface area contributed by atoms with Gasteiger partial charge in [0.25, 0.3) is 0 Å². The van der Waals surface area contributed by atoms with Crippen LogP contribution in [0.5, 0.6) is 0 Å². The van der Waals surface area contributed by atoms with Crippen molar-refractivity contribution < 1.29 is 0 Å². The summed E-state index contributed by atoms with van der Waals surface area (Å²) in [6, 6.07) is 13.6. The molecular weight excluding hydrogens is 424 g/mol. The van der Waals surface area contributed by atoms with Crippen LogP contribution in [0, 0.1) is 17.8 Å². The lowest BCUT2D eigenvalue weighted by Crippen LogP contribution is -2.48. The number of fused-ring (bicyclic) bond motifs is 1. The molecule has 4 aliphatic carbocycles. The van der Waals surface area contributed by atoms with E-state index < -0.39 is 0 Å². The number of rotatable bonds is 3. The zero-order valence-corrected chi connectivity index (χ0v) is 21.3. The quantitative estimate of drug-likeness (QED) is 0.420. The second-order valence-corrected chi connectivity index (χ2v) is 12.8. The first-order valence-electron chi connectivity index (χ1n) is 12.9. The highest BCUT2D eigenvalue weighted by Crippen LogP contribution is 2.60. The average Bonchev–Trinajstić information content (AvgIpc) is 2.76. The van der Waals surface area contributed by atoms with Gasteiger partial charge < -0.3 is 4.90 Å². The zero-order valence-electron chi connectivity index (χ0n) is 20.6. The van der Waals surface area contributed by atoms with E-state index in [4.69, 9.17) is 16.6 Å². The van der Waals surface area contributed by atoms with E-state index in [0.717, 1.165) is 40.4 Å². The Morgan fingerprint density at radius 1 is 0.939 bits per heavy atom. The molecule has 4 saturated carbocycles. The Morgan fingerprint density at radius 2 is 1.55 bits per heavy atom. The van der Waals surface area contributed by atoms with E-state index in [1.807, 2.05) is 6.21 Å². The molecule has 3 heteroatoms. The zero-order chi connectivity index (χ0) is 23.0. The second kappa shape index (κ2) is 7.60. The van der Waals surface area contributed by atoms with E-state index in [9.17, 15) is 0 Å². The van der Waals surface area contributed by atoms with Gasteiger partial charge in [-0.15, -0.1) is 0 Å². The fraction of sp³-hybridized carbons (Fsp3) is 0.567. The Bertz CT molecular complexity index is 1060. The lowest BCUT2D eigenvalue weighted by atomic mass is 9.48. The first-order valence-corrected chi connectivity index (χ1v) is 13.3. The number of hydrogen-bond acceptors (Lipinski definition) is 2. The normalized spacial score (nSPS) is 34.2. The molecule has 33 heavy (non-hydrogen) atoms. The molecule has 4 bridgehead atoms. The largest absolute Gasteiger partial charge is 0.369 e. The number of aliphatic imine (C=N–C) groups is 1. The summed E-state index contributed by atoms with van der Waals surface area (Å²) in [5, 5.41) is 0.777. The highest BCUT2D eigenvalue weighted by molar-refractivity contribution is 6.33. The van der Waals surface area contributed by atoms with Gasteiger partial charge in [-0.3, -0.25) is 4.99 Å². The van der Waals surface area contributed by atoms with Gasteiger partial charge in [0.2, 0.25) is 0 Å². The van der Waals surface area contributed by atoms with Crippen molar-refractivity contribution in [3.05, 3.63) is 58.1 Å². The lowest BCUT2D eigenvalue weighted by molar-refractivity contribution is -0.00518. The third kappa shape index (κ3) is 3.64. The Labute approximate surface area is 204 Å². The van der Waals surface area contributed by atoms with Gasteiger partial charge in [-0.05, 0) is 123 Å². The molecule has 1 atom stereocenters. The first-order chi connectivity index (χ1) is 15.7. The summed E-state index contributed by atoms with van der Waals surface area (Å²) in [4.78, 5) is 7.20.